The highest BCUT2D eigenvalue weighted by Gasteiger charge is 2.18. The van der Waals surface area contributed by atoms with Crippen LogP contribution in [0.15, 0.2) is 12.3 Å². The third-order valence-electron chi connectivity index (χ3n) is 2.83. The summed E-state index contributed by atoms with van der Waals surface area (Å²) in [6, 6.07) is 1.31. The van der Waals surface area contributed by atoms with Gasteiger partial charge in [-0.1, -0.05) is 6.92 Å². The van der Waals surface area contributed by atoms with Gasteiger partial charge in [0.15, 0.2) is 0 Å². The molecule has 0 aromatic carbocycles. The third-order valence-corrected chi connectivity index (χ3v) is 2.83. The van der Waals surface area contributed by atoms with E-state index in [-0.39, 0.29) is 11.6 Å². The summed E-state index contributed by atoms with van der Waals surface area (Å²) in [5.41, 5.74) is 0.265. The molecule has 0 spiro atoms. The maximum absolute atomic E-state index is 12.0. The Bertz CT molecular complexity index is 456. The van der Waals surface area contributed by atoms with Crippen LogP contribution in [0.5, 0.6) is 0 Å². The number of carbonyl (C=O) groups is 1. The number of nitrogens with zero attached hydrogens (tertiary/aromatic N) is 2. The Morgan fingerprint density at radius 2 is 2.21 bits per heavy atom. The van der Waals surface area contributed by atoms with Crippen molar-refractivity contribution in [2.75, 3.05) is 20.1 Å². The van der Waals surface area contributed by atoms with Crippen molar-refractivity contribution in [1.29, 1.82) is 0 Å². The van der Waals surface area contributed by atoms with Gasteiger partial charge in [0.25, 0.3) is 11.6 Å². The summed E-state index contributed by atoms with van der Waals surface area (Å²) in [7, 11) is 1.85. The second kappa shape index (κ2) is 6.89. The highest BCUT2D eigenvalue weighted by atomic mass is 16.6. The Hall–Kier alpha value is -1.89. The van der Waals surface area contributed by atoms with Gasteiger partial charge in [0.2, 0.25) is 0 Å². The number of rotatable bonds is 7. The first-order valence-electron chi connectivity index (χ1n) is 6.26. The van der Waals surface area contributed by atoms with E-state index in [2.05, 4.69) is 10.6 Å². The van der Waals surface area contributed by atoms with Gasteiger partial charge >= 0.3 is 0 Å². The highest BCUT2D eigenvalue weighted by molar-refractivity contribution is 5.93. The predicted octanol–water partition coefficient (Wildman–Crippen LogP) is 1.00. The zero-order valence-corrected chi connectivity index (χ0v) is 11.5. The van der Waals surface area contributed by atoms with Crippen LogP contribution in [-0.2, 0) is 6.54 Å². The van der Waals surface area contributed by atoms with Crippen LogP contribution in [-0.4, -0.2) is 35.5 Å². The van der Waals surface area contributed by atoms with Crippen molar-refractivity contribution in [2.45, 2.75) is 20.4 Å². The molecule has 1 unspecified atom stereocenters. The molecule has 7 nitrogen and oxygen atoms in total. The molecule has 0 aliphatic rings. The molecule has 1 aromatic rings. The monoisotopic (exact) mass is 268 g/mol. The van der Waals surface area contributed by atoms with Crippen LogP contribution < -0.4 is 10.6 Å². The Kier molecular flexibility index (Phi) is 5.50. The van der Waals surface area contributed by atoms with Gasteiger partial charge < -0.3 is 15.2 Å². The number of nitro groups is 1. The van der Waals surface area contributed by atoms with Crippen LogP contribution in [0.3, 0.4) is 0 Å². The van der Waals surface area contributed by atoms with Crippen molar-refractivity contribution in [3.63, 3.8) is 0 Å². The van der Waals surface area contributed by atoms with Crippen LogP contribution in [0.2, 0.25) is 0 Å². The first-order valence-corrected chi connectivity index (χ1v) is 6.26. The molecule has 0 aliphatic heterocycles. The van der Waals surface area contributed by atoms with Gasteiger partial charge in [-0.2, -0.15) is 0 Å². The molecule has 0 saturated heterocycles. The smallest absolute Gasteiger partial charge is 0.287 e. The predicted molar refractivity (Wildman–Crippen MR) is 72.2 cm³/mol. The normalized spacial score (nSPS) is 12.2. The molecule has 1 atom stereocenters. The summed E-state index contributed by atoms with van der Waals surface area (Å²) in [6.07, 6.45) is 1.38. The van der Waals surface area contributed by atoms with Crippen molar-refractivity contribution in [3.05, 3.63) is 28.1 Å². The summed E-state index contributed by atoms with van der Waals surface area (Å²) in [5.74, 6) is 0.0203. The molecule has 106 valence electrons. The van der Waals surface area contributed by atoms with E-state index in [9.17, 15) is 14.9 Å². The van der Waals surface area contributed by atoms with E-state index in [1.54, 1.807) is 4.57 Å². The largest absolute Gasteiger partial charge is 0.350 e. The molecule has 2 N–H and O–H groups in total. The lowest BCUT2D eigenvalue weighted by molar-refractivity contribution is -0.384. The molecule has 1 heterocycles. The van der Waals surface area contributed by atoms with Crippen LogP contribution in [0, 0.1) is 16.0 Å². The topological polar surface area (TPSA) is 89.2 Å². The van der Waals surface area contributed by atoms with Gasteiger partial charge in [-0.3, -0.25) is 14.9 Å². The number of nitrogens with one attached hydrogen (secondary N) is 2. The molecule has 0 radical (unpaired) electrons. The Morgan fingerprint density at radius 3 is 2.74 bits per heavy atom. The maximum Gasteiger partial charge on any atom is 0.287 e. The fourth-order valence-electron chi connectivity index (χ4n) is 1.83. The lowest BCUT2D eigenvalue weighted by Crippen LogP contribution is -2.33. The fourth-order valence-corrected chi connectivity index (χ4v) is 1.83. The lowest BCUT2D eigenvalue weighted by Gasteiger charge is -2.12. The summed E-state index contributed by atoms with van der Waals surface area (Å²) >= 11 is 0. The van der Waals surface area contributed by atoms with Gasteiger partial charge in [-0.15, -0.1) is 0 Å². The number of aryl methyl sites for hydroxylation is 1. The first kappa shape index (κ1) is 15.2. The van der Waals surface area contributed by atoms with Crippen LogP contribution in [0.1, 0.15) is 24.3 Å². The number of aromatic nitrogens is 1. The average molecular weight is 268 g/mol. The number of carbonyl (C=O) groups excluding carboxylic acids is 1. The molecular weight excluding hydrogens is 248 g/mol. The van der Waals surface area contributed by atoms with E-state index in [1.165, 1.54) is 12.3 Å². The van der Waals surface area contributed by atoms with Crippen molar-refractivity contribution in [2.24, 2.45) is 5.92 Å². The van der Waals surface area contributed by atoms with E-state index in [0.717, 1.165) is 6.54 Å². The number of hydrogen-bond donors (Lipinski definition) is 2. The Labute approximate surface area is 112 Å². The molecule has 1 aromatic heterocycles. The number of hydrogen-bond acceptors (Lipinski definition) is 4. The quantitative estimate of drug-likeness (QED) is 0.570. The van der Waals surface area contributed by atoms with E-state index >= 15 is 0 Å². The van der Waals surface area contributed by atoms with Gasteiger partial charge in [-0.05, 0) is 26.4 Å². The SMILES string of the molecule is CCn1cc([N+](=O)[O-])cc1C(=O)NCC(C)CNC. The molecule has 0 saturated carbocycles. The Balaban J connectivity index is 2.73. The van der Waals surface area contributed by atoms with E-state index in [0.29, 0.717) is 24.7 Å². The molecule has 19 heavy (non-hydrogen) atoms. The summed E-state index contributed by atoms with van der Waals surface area (Å²) < 4.78 is 1.58. The summed E-state index contributed by atoms with van der Waals surface area (Å²) in [4.78, 5) is 22.2. The van der Waals surface area contributed by atoms with E-state index in [4.69, 9.17) is 0 Å². The zero-order chi connectivity index (χ0) is 14.4. The Morgan fingerprint density at radius 1 is 1.53 bits per heavy atom. The average Bonchev–Trinajstić information content (AvgIpc) is 2.80. The lowest BCUT2D eigenvalue weighted by atomic mass is 10.2. The molecule has 1 amide bonds. The zero-order valence-electron chi connectivity index (χ0n) is 11.5. The second-order valence-corrected chi connectivity index (χ2v) is 4.50. The molecule has 1 rings (SSSR count). The van der Waals surface area contributed by atoms with Crippen LogP contribution in [0.25, 0.3) is 0 Å². The van der Waals surface area contributed by atoms with Gasteiger partial charge in [0, 0.05) is 19.2 Å². The first-order chi connectivity index (χ1) is 8.99. The van der Waals surface area contributed by atoms with Crippen molar-refractivity contribution in [3.8, 4) is 0 Å². The standard InChI is InChI=1S/C12H20N4O3/c1-4-15-8-10(16(18)19)5-11(15)12(17)14-7-9(2)6-13-3/h5,8-9,13H,4,6-7H2,1-3H3,(H,14,17). The minimum absolute atomic E-state index is 0.0599. The van der Waals surface area contributed by atoms with Crippen molar-refractivity contribution >= 4 is 11.6 Å². The third kappa shape index (κ3) is 4.06. The minimum atomic E-state index is -0.493. The summed E-state index contributed by atoms with van der Waals surface area (Å²) in [6.45, 7) is 5.70. The van der Waals surface area contributed by atoms with Gasteiger partial charge in [0.1, 0.15) is 5.69 Å². The fraction of sp³-hybridized carbons (Fsp3) is 0.583. The molecular formula is C12H20N4O3. The van der Waals surface area contributed by atoms with Crippen molar-refractivity contribution < 1.29 is 9.72 Å². The molecule has 0 fully saturated rings. The van der Waals surface area contributed by atoms with E-state index in [1.807, 2.05) is 20.9 Å². The molecule has 7 heteroatoms. The van der Waals surface area contributed by atoms with Gasteiger partial charge in [-0.25, -0.2) is 0 Å². The summed E-state index contributed by atoms with van der Waals surface area (Å²) in [5, 5.41) is 16.5. The minimum Gasteiger partial charge on any atom is -0.350 e. The van der Waals surface area contributed by atoms with Crippen LogP contribution in [0.4, 0.5) is 5.69 Å². The van der Waals surface area contributed by atoms with Crippen LogP contribution >= 0.6 is 0 Å². The maximum atomic E-state index is 12.0. The second-order valence-electron chi connectivity index (χ2n) is 4.50. The van der Waals surface area contributed by atoms with Crippen molar-refractivity contribution in [1.82, 2.24) is 15.2 Å². The van der Waals surface area contributed by atoms with Gasteiger partial charge in [0.05, 0.1) is 11.1 Å². The highest BCUT2D eigenvalue weighted by Crippen LogP contribution is 2.16. The molecule has 0 aliphatic carbocycles. The van der Waals surface area contributed by atoms with E-state index < -0.39 is 4.92 Å². The molecule has 0 bridgehead atoms. The number of amides is 1.